The maximum atomic E-state index is 11.7. The van der Waals surface area contributed by atoms with E-state index >= 15 is 0 Å². The zero-order chi connectivity index (χ0) is 15.3. The number of aliphatic hydroxyl groups is 1. The second kappa shape index (κ2) is 4.52. The summed E-state index contributed by atoms with van der Waals surface area (Å²) in [4.78, 5) is 4.42. The van der Waals surface area contributed by atoms with E-state index in [0.717, 1.165) is 39.1 Å². The zero-order valence-electron chi connectivity index (χ0n) is 12.7. The van der Waals surface area contributed by atoms with Gasteiger partial charge in [0.1, 0.15) is 5.60 Å². The minimum absolute atomic E-state index is 0.869. The summed E-state index contributed by atoms with van der Waals surface area (Å²) in [7, 11) is 0. The quantitative estimate of drug-likeness (QED) is 0.735. The first-order valence-electron chi connectivity index (χ1n) is 7.48. The summed E-state index contributed by atoms with van der Waals surface area (Å²) in [5.41, 5.74) is 5.81. The van der Waals surface area contributed by atoms with Crippen molar-refractivity contribution in [2.75, 3.05) is 0 Å². The Morgan fingerprint density at radius 3 is 2.27 bits per heavy atom. The Kier molecular flexibility index (Phi) is 2.72. The average molecular weight is 287 g/mol. The normalized spacial score (nSPS) is 18.9. The van der Waals surface area contributed by atoms with Gasteiger partial charge in [0.2, 0.25) is 0 Å². The van der Waals surface area contributed by atoms with Crippen LogP contribution in [0.5, 0.6) is 0 Å². The fraction of sp³-hybridized carbons (Fsp3) is 0.150. The number of pyridine rings is 1. The molecule has 1 atom stereocenters. The molecule has 0 amide bonds. The minimum Gasteiger partial charge on any atom is -0.376 e. The van der Waals surface area contributed by atoms with E-state index in [9.17, 15) is 5.11 Å². The van der Waals surface area contributed by atoms with Crippen molar-refractivity contribution in [1.29, 1.82) is 0 Å². The minimum atomic E-state index is -1.13. The van der Waals surface area contributed by atoms with E-state index in [0.29, 0.717) is 0 Å². The van der Waals surface area contributed by atoms with Crippen LogP contribution in [0.15, 0.2) is 60.8 Å². The molecule has 3 aromatic rings. The third kappa shape index (κ3) is 1.62. The van der Waals surface area contributed by atoms with Gasteiger partial charge in [0.15, 0.2) is 0 Å². The number of aromatic nitrogens is 1. The number of rotatable bonds is 1. The fourth-order valence-electron chi connectivity index (χ4n) is 3.52. The number of benzene rings is 2. The van der Waals surface area contributed by atoms with E-state index in [2.05, 4.69) is 17.1 Å². The SMILES string of the molecule is Cc1cc2c(cn1)C(O)(c1ccccc1C)c1ccccc1-2. The van der Waals surface area contributed by atoms with Crippen LogP contribution >= 0.6 is 0 Å². The predicted octanol–water partition coefficient (Wildman–Crippen LogP) is 3.96. The molecule has 1 unspecified atom stereocenters. The molecule has 108 valence electrons. The van der Waals surface area contributed by atoms with Gasteiger partial charge in [-0.05, 0) is 42.2 Å². The number of fused-ring (bicyclic) bond motifs is 3. The molecule has 0 fully saturated rings. The Balaban J connectivity index is 2.12. The second-order valence-electron chi connectivity index (χ2n) is 5.94. The largest absolute Gasteiger partial charge is 0.376 e. The van der Waals surface area contributed by atoms with Gasteiger partial charge in [-0.3, -0.25) is 4.98 Å². The number of hydrogen-bond acceptors (Lipinski definition) is 2. The van der Waals surface area contributed by atoms with E-state index in [1.165, 1.54) is 0 Å². The van der Waals surface area contributed by atoms with Crippen molar-refractivity contribution in [3.05, 3.63) is 88.7 Å². The van der Waals surface area contributed by atoms with Gasteiger partial charge in [-0.25, -0.2) is 0 Å². The summed E-state index contributed by atoms with van der Waals surface area (Å²) in [5.74, 6) is 0. The molecule has 2 aromatic carbocycles. The van der Waals surface area contributed by atoms with Crippen LogP contribution in [0.2, 0.25) is 0 Å². The molecule has 1 aromatic heterocycles. The van der Waals surface area contributed by atoms with E-state index in [1.807, 2.05) is 62.5 Å². The lowest BCUT2D eigenvalue weighted by Crippen LogP contribution is -2.27. The van der Waals surface area contributed by atoms with Crippen LogP contribution in [-0.2, 0) is 5.60 Å². The Morgan fingerprint density at radius 1 is 0.818 bits per heavy atom. The maximum absolute atomic E-state index is 11.7. The van der Waals surface area contributed by atoms with E-state index in [1.54, 1.807) is 0 Å². The average Bonchev–Trinajstić information content (AvgIpc) is 2.78. The Morgan fingerprint density at radius 2 is 1.50 bits per heavy atom. The molecular weight excluding hydrogens is 270 g/mol. The molecule has 1 N–H and O–H groups in total. The molecule has 1 aliphatic carbocycles. The molecule has 22 heavy (non-hydrogen) atoms. The summed E-state index contributed by atoms with van der Waals surface area (Å²) in [6.45, 7) is 4.02. The van der Waals surface area contributed by atoms with Crippen molar-refractivity contribution in [2.24, 2.45) is 0 Å². The van der Waals surface area contributed by atoms with Crippen LogP contribution in [0.1, 0.15) is 27.9 Å². The Bertz CT molecular complexity index is 884. The molecule has 0 spiro atoms. The molecule has 0 saturated heterocycles. The summed E-state index contributed by atoms with van der Waals surface area (Å²) in [5, 5.41) is 11.7. The molecule has 4 rings (SSSR count). The summed E-state index contributed by atoms with van der Waals surface area (Å²) < 4.78 is 0. The van der Waals surface area contributed by atoms with Gasteiger partial charge < -0.3 is 5.11 Å². The third-order valence-electron chi connectivity index (χ3n) is 4.57. The molecular formula is C20H17NO. The highest BCUT2D eigenvalue weighted by molar-refractivity contribution is 5.82. The summed E-state index contributed by atoms with van der Waals surface area (Å²) in [6, 6.07) is 18.2. The lowest BCUT2D eigenvalue weighted by molar-refractivity contribution is 0.129. The summed E-state index contributed by atoms with van der Waals surface area (Å²) in [6.07, 6.45) is 1.82. The highest BCUT2D eigenvalue weighted by Crippen LogP contribution is 2.51. The van der Waals surface area contributed by atoms with Gasteiger partial charge >= 0.3 is 0 Å². The van der Waals surface area contributed by atoms with Crippen LogP contribution in [0, 0.1) is 13.8 Å². The van der Waals surface area contributed by atoms with Crippen molar-refractivity contribution in [2.45, 2.75) is 19.4 Å². The van der Waals surface area contributed by atoms with Crippen LogP contribution in [0.3, 0.4) is 0 Å². The standard InChI is InChI=1S/C20H17NO/c1-13-7-3-5-9-17(13)20(22)18-10-6-4-8-15(18)16-11-14(2)21-12-19(16)20/h3-12,22H,1-2H3. The molecule has 2 heteroatoms. The van der Waals surface area contributed by atoms with E-state index in [-0.39, 0.29) is 0 Å². The Labute approximate surface area is 130 Å². The molecule has 0 aliphatic heterocycles. The third-order valence-corrected chi connectivity index (χ3v) is 4.57. The molecule has 0 bridgehead atoms. The highest BCUT2D eigenvalue weighted by atomic mass is 16.3. The fourth-order valence-corrected chi connectivity index (χ4v) is 3.52. The van der Waals surface area contributed by atoms with Crippen LogP contribution in [0.25, 0.3) is 11.1 Å². The number of nitrogens with zero attached hydrogens (tertiary/aromatic N) is 1. The molecule has 2 nitrogen and oxygen atoms in total. The smallest absolute Gasteiger partial charge is 0.143 e. The van der Waals surface area contributed by atoms with E-state index in [4.69, 9.17) is 0 Å². The Hall–Kier alpha value is -2.45. The van der Waals surface area contributed by atoms with Gasteiger partial charge in [-0.2, -0.15) is 0 Å². The second-order valence-corrected chi connectivity index (χ2v) is 5.94. The van der Waals surface area contributed by atoms with Gasteiger partial charge in [0, 0.05) is 23.0 Å². The van der Waals surface area contributed by atoms with Crippen LogP contribution in [-0.4, -0.2) is 10.1 Å². The van der Waals surface area contributed by atoms with Gasteiger partial charge in [0.25, 0.3) is 0 Å². The van der Waals surface area contributed by atoms with Crippen LogP contribution < -0.4 is 0 Å². The van der Waals surface area contributed by atoms with Crippen molar-refractivity contribution in [3.63, 3.8) is 0 Å². The lowest BCUT2D eigenvalue weighted by Gasteiger charge is -2.27. The molecule has 1 heterocycles. The molecule has 0 saturated carbocycles. The number of hydrogen-bond donors (Lipinski definition) is 1. The topological polar surface area (TPSA) is 33.1 Å². The van der Waals surface area contributed by atoms with Crippen molar-refractivity contribution < 1.29 is 5.11 Å². The highest BCUT2D eigenvalue weighted by Gasteiger charge is 2.43. The number of aryl methyl sites for hydroxylation is 2. The first-order valence-corrected chi connectivity index (χ1v) is 7.48. The van der Waals surface area contributed by atoms with E-state index < -0.39 is 5.60 Å². The van der Waals surface area contributed by atoms with Crippen LogP contribution in [0.4, 0.5) is 0 Å². The monoisotopic (exact) mass is 287 g/mol. The van der Waals surface area contributed by atoms with Crippen molar-refractivity contribution >= 4 is 0 Å². The van der Waals surface area contributed by atoms with Gasteiger partial charge in [-0.15, -0.1) is 0 Å². The summed E-state index contributed by atoms with van der Waals surface area (Å²) >= 11 is 0. The molecule has 1 aliphatic rings. The first kappa shape index (κ1) is 13.2. The van der Waals surface area contributed by atoms with Gasteiger partial charge in [0.05, 0.1) is 0 Å². The zero-order valence-corrected chi connectivity index (χ0v) is 12.7. The van der Waals surface area contributed by atoms with Crippen molar-refractivity contribution in [3.8, 4) is 11.1 Å². The predicted molar refractivity (Wildman–Crippen MR) is 87.7 cm³/mol. The van der Waals surface area contributed by atoms with Crippen molar-refractivity contribution in [1.82, 2.24) is 4.98 Å². The first-order chi connectivity index (χ1) is 10.6. The van der Waals surface area contributed by atoms with Gasteiger partial charge in [-0.1, -0.05) is 48.5 Å². The lowest BCUT2D eigenvalue weighted by atomic mass is 9.82. The molecule has 0 radical (unpaired) electrons. The maximum Gasteiger partial charge on any atom is 0.143 e.